The summed E-state index contributed by atoms with van der Waals surface area (Å²) >= 11 is 0. The molecule has 1 fully saturated rings. The standard InChI is InChI=1S/C20H17F7N2O4S/c21-16-6-5-15(8-17(16)33-20(25,26)27)34(31,32)14-3-1-13(2-4-14)29-18(30)11-7-12(10-28-9-11)19(22,23)24/h5-10,13-14H,1-4H2,(H,29,30). The van der Waals surface area contributed by atoms with Crippen LogP contribution in [0.2, 0.25) is 0 Å². The maximum Gasteiger partial charge on any atom is 0.573 e. The van der Waals surface area contributed by atoms with Gasteiger partial charge in [-0.05, 0) is 43.9 Å². The van der Waals surface area contributed by atoms with Gasteiger partial charge in [0.2, 0.25) is 0 Å². The minimum Gasteiger partial charge on any atom is -0.403 e. The fraction of sp³-hybridized carbons (Fsp3) is 0.400. The molecule has 0 aliphatic heterocycles. The normalized spacial score (nSPS) is 19.5. The van der Waals surface area contributed by atoms with E-state index in [9.17, 15) is 43.9 Å². The third kappa shape index (κ3) is 6.15. The van der Waals surface area contributed by atoms with Gasteiger partial charge in [0.25, 0.3) is 5.91 Å². The van der Waals surface area contributed by atoms with Crippen molar-refractivity contribution in [3.63, 3.8) is 0 Å². The Morgan fingerprint density at radius 1 is 1.00 bits per heavy atom. The Bertz CT molecular complexity index is 1160. The molecule has 2 aromatic rings. The molecule has 1 N–H and O–H groups in total. The van der Waals surface area contributed by atoms with Crippen molar-refractivity contribution in [2.75, 3.05) is 0 Å². The van der Waals surface area contributed by atoms with E-state index in [2.05, 4.69) is 15.0 Å². The largest absolute Gasteiger partial charge is 0.573 e. The molecule has 14 heteroatoms. The van der Waals surface area contributed by atoms with E-state index in [1.807, 2.05) is 0 Å². The number of ether oxygens (including phenoxy) is 1. The van der Waals surface area contributed by atoms with Gasteiger partial charge >= 0.3 is 12.5 Å². The molecule has 1 aliphatic rings. The van der Waals surface area contributed by atoms with Crippen LogP contribution in [0.1, 0.15) is 41.6 Å². The second kappa shape index (κ2) is 9.39. The van der Waals surface area contributed by atoms with Crippen LogP contribution in [-0.2, 0) is 16.0 Å². The molecule has 0 spiro atoms. The first-order valence-corrected chi connectivity index (χ1v) is 11.3. The molecule has 6 nitrogen and oxygen atoms in total. The van der Waals surface area contributed by atoms with Gasteiger partial charge in [-0.25, -0.2) is 12.8 Å². The van der Waals surface area contributed by atoms with Gasteiger partial charge in [0, 0.05) is 24.5 Å². The van der Waals surface area contributed by atoms with E-state index in [0.29, 0.717) is 24.4 Å². The number of alkyl halides is 6. The van der Waals surface area contributed by atoms with Gasteiger partial charge in [-0.2, -0.15) is 13.2 Å². The Kier molecular flexibility index (Phi) is 7.10. The molecule has 1 saturated carbocycles. The number of rotatable bonds is 5. The molecule has 0 bridgehead atoms. The summed E-state index contributed by atoms with van der Waals surface area (Å²) in [6.07, 6.45) is -8.02. The SMILES string of the molecule is O=C(NC1CCC(S(=O)(=O)c2ccc(F)c(OC(F)(F)F)c2)CC1)c1cncc(C(F)(F)F)c1. The van der Waals surface area contributed by atoms with Crippen molar-refractivity contribution in [1.29, 1.82) is 0 Å². The van der Waals surface area contributed by atoms with Gasteiger partial charge in [-0.15, -0.1) is 13.2 Å². The summed E-state index contributed by atoms with van der Waals surface area (Å²) in [6, 6.07) is 1.97. The Labute approximate surface area is 189 Å². The number of carbonyl (C=O) groups excluding carboxylic acids is 1. The van der Waals surface area contributed by atoms with E-state index in [4.69, 9.17) is 0 Å². The zero-order valence-corrected chi connectivity index (χ0v) is 17.9. The fourth-order valence-electron chi connectivity index (χ4n) is 3.56. The lowest BCUT2D eigenvalue weighted by Gasteiger charge is -2.29. The average Bonchev–Trinajstić information content (AvgIpc) is 2.74. The lowest BCUT2D eigenvalue weighted by atomic mass is 9.94. The molecule has 1 aromatic heterocycles. The van der Waals surface area contributed by atoms with E-state index in [1.54, 1.807) is 0 Å². The van der Waals surface area contributed by atoms with Crippen LogP contribution in [0.15, 0.2) is 41.6 Å². The van der Waals surface area contributed by atoms with Gasteiger partial charge in [-0.1, -0.05) is 0 Å². The summed E-state index contributed by atoms with van der Waals surface area (Å²) in [6.45, 7) is 0. The summed E-state index contributed by atoms with van der Waals surface area (Å²) in [5.74, 6) is -3.46. The van der Waals surface area contributed by atoms with Crippen LogP contribution >= 0.6 is 0 Å². The minimum absolute atomic E-state index is 0.0148. The molecule has 0 radical (unpaired) electrons. The number of pyridine rings is 1. The van der Waals surface area contributed by atoms with Crippen LogP contribution in [0.3, 0.4) is 0 Å². The summed E-state index contributed by atoms with van der Waals surface area (Å²) in [5.41, 5.74) is -1.41. The molecule has 34 heavy (non-hydrogen) atoms. The summed E-state index contributed by atoms with van der Waals surface area (Å²) in [7, 11) is -4.14. The van der Waals surface area contributed by atoms with E-state index in [1.165, 1.54) is 0 Å². The molecular weight excluding hydrogens is 497 g/mol. The second-order valence-corrected chi connectivity index (χ2v) is 9.82. The topological polar surface area (TPSA) is 85.4 Å². The number of carbonyl (C=O) groups is 1. The van der Waals surface area contributed by atoms with Gasteiger partial charge in [0.1, 0.15) is 0 Å². The summed E-state index contributed by atoms with van der Waals surface area (Å²) in [5, 5.41) is 1.52. The monoisotopic (exact) mass is 514 g/mol. The first-order valence-electron chi connectivity index (χ1n) is 9.79. The summed E-state index contributed by atoms with van der Waals surface area (Å²) in [4.78, 5) is 15.2. The molecule has 186 valence electrons. The van der Waals surface area contributed by atoms with E-state index < -0.39 is 61.6 Å². The summed E-state index contributed by atoms with van der Waals surface area (Å²) < 4.78 is 118. The number of aromatic nitrogens is 1. The number of nitrogens with one attached hydrogen (secondary N) is 1. The van der Waals surface area contributed by atoms with Crippen molar-refractivity contribution < 1.29 is 48.7 Å². The van der Waals surface area contributed by atoms with Crippen LogP contribution in [0.4, 0.5) is 30.7 Å². The van der Waals surface area contributed by atoms with E-state index >= 15 is 0 Å². The van der Waals surface area contributed by atoms with Crippen molar-refractivity contribution in [3.05, 3.63) is 53.6 Å². The van der Waals surface area contributed by atoms with Crippen molar-refractivity contribution in [2.24, 2.45) is 0 Å². The molecule has 0 saturated heterocycles. The van der Waals surface area contributed by atoms with Crippen molar-refractivity contribution in [1.82, 2.24) is 10.3 Å². The highest BCUT2D eigenvalue weighted by Gasteiger charge is 2.36. The minimum atomic E-state index is -5.21. The van der Waals surface area contributed by atoms with Gasteiger partial charge in [0.15, 0.2) is 21.4 Å². The van der Waals surface area contributed by atoms with Crippen LogP contribution in [-0.4, -0.2) is 37.0 Å². The predicted molar refractivity (Wildman–Crippen MR) is 103 cm³/mol. The lowest BCUT2D eigenvalue weighted by Crippen LogP contribution is -2.40. The highest BCUT2D eigenvalue weighted by Crippen LogP contribution is 2.33. The maximum atomic E-state index is 13.6. The van der Waals surface area contributed by atoms with Gasteiger partial charge < -0.3 is 10.1 Å². The van der Waals surface area contributed by atoms with Crippen molar-refractivity contribution in [2.45, 2.75) is 54.4 Å². The van der Waals surface area contributed by atoms with Crippen molar-refractivity contribution >= 4 is 15.7 Å². The Balaban J connectivity index is 1.65. The van der Waals surface area contributed by atoms with Gasteiger partial charge in [0.05, 0.1) is 21.3 Å². The third-order valence-corrected chi connectivity index (χ3v) is 7.49. The molecule has 0 unspecified atom stereocenters. The molecule has 1 aromatic carbocycles. The number of nitrogens with zero attached hydrogens (tertiary/aromatic N) is 1. The lowest BCUT2D eigenvalue weighted by molar-refractivity contribution is -0.275. The number of amides is 1. The van der Waals surface area contributed by atoms with Crippen LogP contribution in [0.5, 0.6) is 5.75 Å². The molecule has 1 aliphatic carbocycles. The highest BCUT2D eigenvalue weighted by molar-refractivity contribution is 7.92. The molecule has 0 atom stereocenters. The molecular formula is C20H17F7N2O4S. The van der Waals surface area contributed by atoms with Crippen LogP contribution < -0.4 is 10.1 Å². The average molecular weight is 514 g/mol. The number of hydrogen-bond acceptors (Lipinski definition) is 5. The zero-order valence-electron chi connectivity index (χ0n) is 17.1. The fourth-order valence-corrected chi connectivity index (χ4v) is 5.37. The smallest absolute Gasteiger partial charge is 0.403 e. The maximum absolute atomic E-state index is 13.6. The first-order chi connectivity index (χ1) is 15.7. The van der Waals surface area contributed by atoms with Crippen LogP contribution in [0.25, 0.3) is 0 Å². The van der Waals surface area contributed by atoms with E-state index in [0.717, 1.165) is 12.3 Å². The third-order valence-electron chi connectivity index (χ3n) is 5.23. The Morgan fingerprint density at radius 3 is 2.24 bits per heavy atom. The molecule has 1 heterocycles. The first kappa shape index (κ1) is 25.7. The molecule has 1 amide bonds. The Hall–Kier alpha value is -2.90. The quantitative estimate of drug-likeness (QED) is 0.464. The molecule has 3 rings (SSSR count). The Morgan fingerprint density at radius 2 is 1.65 bits per heavy atom. The second-order valence-electron chi connectivity index (χ2n) is 7.59. The van der Waals surface area contributed by atoms with E-state index in [-0.39, 0.29) is 31.2 Å². The number of sulfone groups is 1. The van der Waals surface area contributed by atoms with Crippen molar-refractivity contribution in [3.8, 4) is 5.75 Å². The van der Waals surface area contributed by atoms with Crippen LogP contribution in [0, 0.1) is 5.82 Å². The number of hydrogen-bond donors (Lipinski definition) is 1. The number of benzene rings is 1. The zero-order chi connectivity index (χ0) is 25.3. The van der Waals surface area contributed by atoms with Gasteiger partial charge in [-0.3, -0.25) is 9.78 Å². The number of halogens is 7. The highest BCUT2D eigenvalue weighted by atomic mass is 32.2. The predicted octanol–water partition coefficient (Wildman–Crippen LogP) is 4.65.